The van der Waals surface area contributed by atoms with E-state index < -0.39 is 28.5 Å². The number of rotatable bonds is 14. The number of carbonyl (C=O) groups is 2. The van der Waals surface area contributed by atoms with Crippen molar-refractivity contribution in [2.75, 3.05) is 17.5 Å². The number of sulfonamides is 1. The zero-order chi connectivity index (χ0) is 34.1. The van der Waals surface area contributed by atoms with Crippen molar-refractivity contribution in [3.05, 3.63) is 124 Å². The number of nitrogens with one attached hydrogen (secondary N) is 1. The Labute approximate surface area is 296 Å². The number of nitrogens with zero attached hydrogens (tertiary/aromatic N) is 2. The molecule has 8 nitrogen and oxygen atoms in total. The lowest BCUT2D eigenvalue weighted by Gasteiger charge is -2.34. The maximum Gasteiger partial charge on any atom is 0.264 e. The van der Waals surface area contributed by atoms with Gasteiger partial charge in [-0.3, -0.25) is 13.9 Å². The number of ether oxygens (including phenoxy) is 1. The van der Waals surface area contributed by atoms with E-state index in [-0.39, 0.29) is 42.1 Å². The van der Waals surface area contributed by atoms with Crippen LogP contribution in [0.3, 0.4) is 0 Å². The summed E-state index contributed by atoms with van der Waals surface area (Å²) in [5.74, 6) is -0.499. The fourth-order valence-corrected chi connectivity index (χ4v) is 7.94. The maximum absolute atomic E-state index is 14.8. The molecule has 1 aliphatic rings. The van der Waals surface area contributed by atoms with E-state index in [4.69, 9.17) is 16.3 Å². The minimum Gasteiger partial charge on any atom is -0.492 e. The Balaban J connectivity index is 1.59. The van der Waals surface area contributed by atoms with Gasteiger partial charge in [-0.25, -0.2) is 8.42 Å². The fraction of sp³-hybridized carbons (Fsp3) is 0.297. The van der Waals surface area contributed by atoms with Crippen molar-refractivity contribution in [3.8, 4) is 5.75 Å². The normalized spacial score (nSPS) is 13.9. The predicted octanol–water partition coefficient (Wildman–Crippen LogP) is 7.40. The molecule has 0 saturated heterocycles. The van der Waals surface area contributed by atoms with Crippen LogP contribution in [0.4, 0.5) is 5.69 Å². The Hall–Kier alpha value is -3.86. The van der Waals surface area contributed by atoms with Gasteiger partial charge in [0.15, 0.2) is 0 Å². The zero-order valence-electron chi connectivity index (χ0n) is 26.7. The largest absolute Gasteiger partial charge is 0.492 e. The molecule has 1 fully saturated rings. The number of hydrogen-bond donors (Lipinski definition) is 1. The molecule has 0 aliphatic heterocycles. The Morgan fingerprint density at radius 2 is 1.58 bits per heavy atom. The van der Waals surface area contributed by atoms with Crippen LogP contribution in [-0.4, -0.2) is 50.4 Å². The highest BCUT2D eigenvalue weighted by Gasteiger charge is 2.36. The third-order valence-corrected chi connectivity index (χ3v) is 10.8. The lowest BCUT2D eigenvalue weighted by molar-refractivity contribution is -0.140. The van der Waals surface area contributed by atoms with Crippen LogP contribution in [0.2, 0.25) is 5.02 Å². The summed E-state index contributed by atoms with van der Waals surface area (Å²) in [6.45, 7) is 1.59. The monoisotopic (exact) mass is 751 g/mol. The number of carbonyl (C=O) groups excluding carboxylic acids is 2. The van der Waals surface area contributed by atoms with Gasteiger partial charge in [-0.2, -0.15) is 0 Å². The molecule has 0 unspecified atom stereocenters. The number of hydrogen-bond acceptors (Lipinski definition) is 5. The van der Waals surface area contributed by atoms with Crippen LogP contribution in [-0.2, 0) is 32.6 Å². The minimum absolute atomic E-state index is 0.0263. The van der Waals surface area contributed by atoms with Gasteiger partial charge in [-0.1, -0.05) is 95.0 Å². The summed E-state index contributed by atoms with van der Waals surface area (Å²) in [7, 11) is -4.30. The van der Waals surface area contributed by atoms with Crippen LogP contribution >= 0.6 is 27.5 Å². The number of amides is 2. The molecule has 0 spiro atoms. The van der Waals surface area contributed by atoms with Gasteiger partial charge in [0.1, 0.15) is 18.3 Å². The van der Waals surface area contributed by atoms with Crippen LogP contribution in [0.15, 0.2) is 112 Å². The van der Waals surface area contributed by atoms with Gasteiger partial charge < -0.3 is 15.0 Å². The van der Waals surface area contributed by atoms with Crippen LogP contribution in [0.5, 0.6) is 5.75 Å². The van der Waals surface area contributed by atoms with E-state index in [2.05, 4.69) is 21.2 Å². The van der Waals surface area contributed by atoms with Crippen LogP contribution in [0.25, 0.3) is 0 Å². The summed E-state index contributed by atoms with van der Waals surface area (Å²) in [6.07, 6.45) is 4.07. The SMILES string of the molecule is CCOc1ccccc1N(CC(=O)N(Cc1cccc(Br)c1)[C@H](Cc1ccccc1)C(=O)NC1CCCC1)S(=O)(=O)c1ccc(Cl)cc1. The molecule has 11 heteroatoms. The van der Waals surface area contributed by atoms with Crippen molar-refractivity contribution in [2.24, 2.45) is 0 Å². The molecule has 0 radical (unpaired) electrons. The first-order valence-electron chi connectivity index (χ1n) is 16.0. The second-order valence-electron chi connectivity index (χ2n) is 11.7. The number of halogens is 2. The van der Waals surface area contributed by atoms with Gasteiger partial charge in [0.25, 0.3) is 10.0 Å². The Kier molecular flexibility index (Phi) is 12.2. The summed E-state index contributed by atoms with van der Waals surface area (Å²) < 4.78 is 36.4. The quantitative estimate of drug-likeness (QED) is 0.145. The molecule has 4 aromatic rings. The van der Waals surface area contributed by atoms with Crippen molar-refractivity contribution in [1.82, 2.24) is 10.2 Å². The molecule has 1 aliphatic carbocycles. The van der Waals surface area contributed by atoms with Gasteiger partial charge in [-0.15, -0.1) is 0 Å². The van der Waals surface area contributed by atoms with Crippen molar-refractivity contribution in [2.45, 2.75) is 62.6 Å². The van der Waals surface area contributed by atoms with Gasteiger partial charge >= 0.3 is 0 Å². The van der Waals surface area contributed by atoms with Crippen LogP contribution in [0, 0.1) is 0 Å². The molecule has 2 amide bonds. The van der Waals surface area contributed by atoms with Gasteiger partial charge in [0.05, 0.1) is 17.2 Å². The molecule has 48 heavy (non-hydrogen) atoms. The van der Waals surface area contributed by atoms with E-state index in [9.17, 15) is 18.0 Å². The first kappa shape index (κ1) is 35.4. The summed E-state index contributed by atoms with van der Waals surface area (Å²) in [5, 5.41) is 3.58. The highest BCUT2D eigenvalue weighted by molar-refractivity contribution is 9.10. The van der Waals surface area contributed by atoms with E-state index in [1.54, 1.807) is 31.2 Å². The second-order valence-corrected chi connectivity index (χ2v) is 14.9. The molecule has 0 bridgehead atoms. The topological polar surface area (TPSA) is 96.0 Å². The predicted molar refractivity (Wildman–Crippen MR) is 193 cm³/mol. The number of anilines is 1. The molecule has 5 rings (SSSR count). The van der Waals surface area contributed by atoms with Crippen molar-refractivity contribution < 1.29 is 22.7 Å². The Bertz CT molecular complexity index is 1800. The van der Waals surface area contributed by atoms with Crippen molar-refractivity contribution >= 4 is 55.1 Å². The highest BCUT2D eigenvalue weighted by Crippen LogP contribution is 2.33. The molecule has 0 aromatic heterocycles. The van der Waals surface area contributed by atoms with Crippen molar-refractivity contribution in [1.29, 1.82) is 0 Å². The molecule has 1 saturated carbocycles. The second kappa shape index (κ2) is 16.5. The van der Waals surface area contributed by atoms with Gasteiger partial charge in [-0.05, 0) is 79.4 Å². The highest BCUT2D eigenvalue weighted by atomic mass is 79.9. The van der Waals surface area contributed by atoms with Crippen molar-refractivity contribution in [3.63, 3.8) is 0 Å². The smallest absolute Gasteiger partial charge is 0.264 e. The summed E-state index contributed by atoms with van der Waals surface area (Å²) in [6, 6.07) is 28.7. The Morgan fingerprint density at radius 3 is 2.27 bits per heavy atom. The molecule has 1 N–H and O–H groups in total. The first-order chi connectivity index (χ1) is 23.2. The van der Waals surface area contributed by atoms with Crippen LogP contribution < -0.4 is 14.4 Å². The van der Waals surface area contributed by atoms with E-state index in [0.717, 1.165) is 45.6 Å². The Morgan fingerprint density at radius 1 is 0.917 bits per heavy atom. The molecular formula is C37H39BrClN3O5S. The average Bonchev–Trinajstić information content (AvgIpc) is 3.59. The van der Waals surface area contributed by atoms with E-state index >= 15 is 0 Å². The summed E-state index contributed by atoms with van der Waals surface area (Å²) in [4.78, 5) is 30.4. The summed E-state index contributed by atoms with van der Waals surface area (Å²) in [5.41, 5.74) is 1.87. The number of benzene rings is 4. The van der Waals surface area contributed by atoms with Gasteiger partial charge in [0, 0.05) is 28.5 Å². The zero-order valence-corrected chi connectivity index (χ0v) is 29.9. The lowest BCUT2D eigenvalue weighted by atomic mass is 10.0. The summed E-state index contributed by atoms with van der Waals surface area (Å²) >= 11 is 9.62. The lowest BCUT2D eigenvalue weighted by Crippen LogP contribution is -2.54. The van der Waals surface area contributed by atoms with E-state index in [1.165, 1.54) is 29.2 Å². The third-order valence-electron chi connectivity index (χ3n) is 8.33. The fourth-order valence-electron chi connectivity index (χ4n) is 5.94. The average molecular weight is 753 g/mol. The molecule has 4 aromatic carbocycles. The molecular weight excluding hydrogens is 714 g/mol. The molecule has 0 heterocycles. The van der Waals surface area contributed by atoms with Crippen LogP contribution in [0.1, 0.15) is 43.7 Å². The first-order valence-corrected chi connectivity index (χ1v) is 18.6. The number of para-hydroxylation sites is 2. The maximum atomic E-state index is 14.8. The van der Waals surface area contributed by atoms with E-state index in [0.29, 0.717) is 10.8 Å². The third kappa shape index (κ3) is 8.98. The minimum atomic E-state index is -4.30. The standard InChI is InChI=1S/C37H39BrClN3O5S/c1-2-47-35-18-9-8-17-33(35)42(48(45,46)32-21-19-30(39)20-22-32)26-36(43)41(25-28-13-10-14-29(38)23-28)34(24-27-11-4-3-5-12-27)37(44)40-31-15-6-7-16-31/h3-5,8-14,17-23,31,34H,2,6-7,15-16,24-26H2,1H3,(H,40,44)/t34-/m1/s1. The van der Waals surface area contributed by atoms with Gasteiger partial charge in [0.2, 0.25) is 11.8 Å². The molecule has 1 atom stereocenters. The molecule has 252 valence electrons. The van der Waals surface area contributed by atoms with E-state index in [1.807, 2.05) is 54.6 Å².